The summed E-state index contributed by atoms with van der Waals surface area (Å²) in [6.07, 6.45) is 4.43. The molecule has 0 fully saturated rings. The van der Waals surface area contributed by atoms with Crippen LogP contribution in [-0.4, -0.2) is 11.5 Å². The lowest BCUT2D eigenvalue weighted by atomic mass is 10.1. The van der Waals surface area contributed by atoms with E-state index < -0.39 is 0 Å². The number of aryl methyl sites for hydroxylation is 1. The molecule has 1 rings (SSSR count). The minimum Gasteiger partial charge on any atom is -0.158 e. The van der Waals surface area contributed by atoms with Gasteiger partial charge in [-0.15, -0.1) is 6.58 Å². The Balaban J connectivity index is 2.10. The standard InChI is InChI=1S/C12H16S/c1-2-10-13-11-6-9-12-7-4-3-5-8-12/h2-5,7-8H,1,6,9-11H2. The highest BCUT2D eigenvalue weighted by atomic mass is 32.2. The van der Waals surface area contributed by atoms with E-state index in [4.69, 9.17) is 0 Å². The molecule has 0 saturated heterocycles. The van der Waals surface area contributed by atoms with Crippen molar-refractivity contribution in [2.45, 2.75) is 12.8 Å². The van der Waals surface area contributed by atoms with E-state index in [1.54, 1.807) is 0 Å². The summed E-state index contributed by atoms with van der Waals surface area (Å²) in [6.45, 7) is 3.70. The zero-order valence-corrected chi connectivity index (χ0v) is 8.72. The lowest BCUT2D eigenvalue weighted by molar-refractivity contribution is 0.934. The Hall–Kier alpha value is -0.690. The molecule has 1 aromatic carbocycles. The summed E-state index contributed by atoms with van der Waals surface area (Å²) in [6, 6.07) is 10.7. The summed E-state index contributed by atoms with van der Waals surface area (Å²) in [7, 11) is 0. The van der Waals surface area contributed by atoms with Crippen molar-refractivity contribution in [3.05, 3.63) is 48.6 Å². The Morgan fingerprint density at radius 2 is 2.00 bits per heavy atom. The van der Waals surface area contributed by atoms with Crippen LogP contribution in [-0.2, 0) is 6.42 Å². The van der Waals surface area contributed by atoms with Crippen molar-refractivity contribution in [1.29, 1.82) is 0 Å². The quantitative estimate of drug-likeness (QED) is 0.491. The van der Waals surface area contributed by atoms with Crippen LogP contribution >= 0.6 is 11.8 Å². The van der Waals surface area contributed by atoms with Gasteiger partial charge < -0.3 is 0 Å². The molecule has 0 amide bonds. The Bertz CT molecular complexity index is 228. The van der Waals surface area contributed by atoms with Crippen molar-refractivity contribution < 1.29 is 0 Å². The number of hydrogen-bond acceptors (Lipinski definition) is 1. The van der Waals surface area contributed by atoms with E-state index in [0.717, 1.165) is 5.75 Å². The lowest BCUT2D eigenvalue weighted by Crippen LogP contribution is -1.87. The number of thioether (sulfide) groups is 1. The number of rotatable bonds is 6. The van der Waals surface area contributed by atoms with Crippen LogP contribution in [0.3, 0.4) is 0 Å². The van der Waals surface area contributed by atoms with Gasteiger partial charge in [0, 0.05) is 5.75 Å². The van der Waals surface area contributed by atoms with Crippen molar-refractivity contribution in [2.24, 2.45) is 0 Å². The molecule has 0 nitrogen and oxygen atoms in total. The molecule has 0 aromatic heterocycles. The smallest absolute Gasteiger partial charge is 0.0110 e. The highest BCUT2D eigenvalue weighted by Crippen LogP contribution is 2.07. The molecule has 0 atom stereocenters. The van der Waals surface area contributed by atoms with E-state index in [1.165, 1.54) is 24.2 Å². The Morgan fingerprint density at radius 3 is 2.69 bits per heavy atom. The molecule has 0 spiro atoms. The van der Waals surface area contributed by atoms with Gasteiger partial charge in [-0.2, -0.15) is 11.8 Å². The molecular formula is C12H16S. The molecule has 0 aliphatic rings. The molecule has 1 aromatic rings. The highest BCUT2D eigenvalue weighted by molar-refractivity contribution is 7.99. The Kier molecular flexibility index (Phi) is 5.42. The van der Waals surface area contributed by atoms with Crippen LogP contribution in [0.25, 0.3) is 0 Å². The highest BCUT2D eigenvalue weighted by Gasteiger charge is 1.91. The van der Waals surface area contributed by atoms with Crippen LogP contribution in [0, 0.1) is 0 Å². The molecule has 0 bridgehead atoms. The second-order valence-corrected chi connectivity index (χ2v) is 4.10. The number of benzene rings is 1. The summed E-state index contributed by atoms with van der Waals surface area (Å²) in [5, 5.41) is 0. The summed E-state index contributed by atoms with van der Waals surface area (Å²) < 4.78 is 0. The first kappa shape index (κ1) is 10.4. The van der Waals surface area contributed by atoms with Crippen LogP contribution in [0.1, 0.15) is 12.0 Å². The molecule has 0 unspecified atom stereocenters. The zero-order valence-electron chi connectivity index (χ0n) is 7.91. The van der Waals surface area contributed by atoms with Crippen LogP contribution in [0.2, 0.25) is 0 Å². The summed E-state index contributed by atoms with van der Waals surface area (Å²) in [5.74, 6) is 2.32. The van der Waals surface area contributed by atoms with Gasteiger partial charge in [0.25, 0.3) is 0 Å². The van der Waals surface area contributed by atoms with Crippen molar-refractivity contribution >= 4 is 11.8 Å². The third kappa shape index (κ3) is 4.79. The van der Waals surface area contributed by atoms with Crippen molar-refractivity contribution in [3.63, 3.8) is 0 Å². The summed E-state index contributed by atoms with van der Waals surface area (Å²) >= 11 is 1.95. The van der Waals surface area contributed by atoms with Gasteiger partial charge in [-0.3, -0.25) is 0 Å². The Morgan fingerprint density at radius 1 is 1.23 bits per heavy atom. The van der Waals surface area contributed by atoms with Crippen LogP contribution in [0.5, 0.6) is 0 Å². The minimum atomic E-state index is 1.08. The first-order valence-corrected chi connectivity index (χ1v) is 5.81. The van der Waals surface area contributed by atoms with E-state index >= 15 is 0 Å². The van der Waals surface area contributed by atoms with E-state index in [1.807, 2.05) is 17.8 Å². The maximum Gasteiger partial charge on any atom is 0.0110 e. The summed E-state index contributed by atoms with van der Waals surface area (Å²) in [4.78, 5) is 0. The molecule has 13 heavy (non-hydrogen) atoms. The fourth-order valence-corrected chi connectivity index (χ4v) is 1.87. The van der Waals surface area contributed by atoms with Gasteiger partial charge in [-0.05, 0) is 24.2 Å². The van der Waals surface area contributed by atoms with Gasteiger partial charge in [0.05, 0.1) is 0 Å². The average molecular weight is 192 g/mol. The monoisotopic (exact) mass is 192 g/mol. The molecule has 0 aliphatic heterocycles. The third-order valence-electron chi connectivity index (χ3n) is 1.83. The van der Waals surface area contributed by atoms with E-state index in [9.17, 15) is 0 Å². The predicted octanol–water partition coefficient (Wildman–Crippen LogP) is 3.54. The predicted molar refractivity (Wildman–Crippen MR) is 62.3 cm³/mol. The van der Waals surface area contributed by atoms with Crippen LogP contribution < -0.4 is 0 Å². The SMILES string of the molecule is C=CCSCCCc1ccccc1. The maximum atomic E-state index is 3.70. The van der Waals surface area contributed by atoms with Crippen LogP contribution in [0.15, 0.2) is 43.0 Å². The lowest BCUT2D eigenvalue weighted by Gasteiger charge is -1.99. The van der Waals surface area contributed by atoms with Gasteiger partial charge >= 0.3 is 0 Å². The maximum absolute atomic E-state index is 3.70. The molecule has 0 heterocycles. The molecule has 0 N–H and O–H groups in total. The van der Waals surface area contributed by atoms with E-state index in [-0.39, 0.29) is 0 Å². The fraction of sp³-hybridized carbons (Fsp3) is 0.333. The summed E-state index contributed by atoms with van der Waals surface area (Å²) in [5.41, 5.74) is 1.45. The topological polar surface area (TPSA) is 0 Å². The van der Waals surface area contributed by atoms with Gasteiger partial charge in [-0.25, -0.2) is 0 Å². The first-order valence-electron chi connectivity index (χ1n) is 4.66. The fourth-order valence-electron chi connectivity index (χ4n) is 1.19. The van der Waals surface area contributed by atoms with E-state index in [2.05, 4.69) is 36.9 Å². The third-order valence-corrected chi connectivity index (χ3v) is 2.88. The van der Waals surface area contributed by atoms with Crippen LogP contribution in [0.4, 0.5) is 0 Å². The minimum absolute atomic E-state index is 1.08. The van der Waals surface area contributed by atoms with Gasteiger partial charge in [0.15, 0.2) is 0 Å². The molecule has 0 saturated carbocycles. The normalized spacial score (nSPS) is 9.85. The number of hydrogen-bond donors (Lipinski definition) is 0. The van der Waals surface area contributed by atoms with Crippen molar-refractivity contribution in [1.82, 2.24) is 0 Å². The van der Waals surface area contributed by atoms with Crippen molar-refractivity contribution in [3.8, 4) is 0 Å². The molecule has 1 heteroatoms. The van der Waals surface area contributed by atoms with Gasteiger partial charge in [-0.1, -0.05) is 36.4 Å². The van der Waals surface area contributed by atoms with Crippen molar-refractivity contribution in [2.75, 3.05) is 11.5 Å². The molecule has 0 radical (unpaired) electrons. The molecule has 70 valence electrons. The second kappa shape index (κ2) is 6.79. The molecular weight excluding hydrogens is 176 g/mol. The van der Waals surface area contributed by atoms with E-state index in [0.29, 0.717) is 0 Å². The van der Waals surface area contributed by atoms with Gasteiger partial charge in [0.2, 0.25) is 0 Å². The zero-order chi connectivity index (χ0) is 9.36. The second-order valence-electron chi connectivity index (χ2n) is 2.95. The molecule has 0 aliphatic carbocycles. The Labute approximate surface area is 85.1 Å². The average Bonchev–Trinajstić information content (AvgIpc) is 2.19. The first-order chi connectivity index (χ1) is 6.43. The van der Waals surface area contributed by atoms with Gasteiger partial charge in [0.1, 0.15) is 0 Å². The largest absolute Gasteiger partial charge is 0.158 e.